The van der Waals surface area contributed by atoms with Crippen LogP contribution in [0.1, 0.15) is 37.3 Å². The first-order valence-electron chi connectivity index (χ1n) is 7.18. The van der Waals surface area contributed by atoms with E-state index in [0.717, 1.165) is 0 Å². The van der Waals surface area contributed by atoms with Gasteiger partial charge in [0.1, 0.15) is 0 Å². The van der Waals surface area contributed by atoms with Crippen LogP contribution in [0.25, 0.3) is 11.1 Å². The zero-order valence-corrected chi connectivity index (χ0v) is 11.9. The van der Waals surface area contributed by atoms with Crippen molar-refractivity contribution in [3.05, 3.63) is 46.4 Å². The van der Waals surface area contributed by atoms with Crippen LogP contribution in [0, 0.1) is 11.3 Å². The van der Waals surface area contributed by atoms with Gasteiger partial charge in [-0.05, 0) is 30.5 Å². The van der Waals surface area contributed by atoms with E-state index in [4.69, 9.17) is 5.26 Å². The SMILES string of the molecule is N#Cc1ccc(-c2c[nH]n(C3CCC(F)(F)CC3)c2=O)cc1. The van der Waals surface area contributed by atoms with E-state index < -0.39 is 5.92 Å². The number of benzene rings is 1. The maximum absolute atomic E-state index is 13.2. The van der Waals surface area contributed by atoms with Crippen LogP contribution in [0.4, 0.5) is 8.78 Å². The van der Waals surface area contributed by atoms with Crippen LogP contribution in [0.2, 0.25) is 0 Å². The molecule has 1 heterocycles. The smallest absolute Gasteiger partial charge is 0.274 e. The number of hydrogen-bond donors (Lipinski definition) is 1. The molecule has 0 radical (unpaired) electrons. The summed E-state index contributed by atoms with van der Waals surface area (Å²) in [6.45, 7) is 0. The maximum Gasteiger partial charge on any atom is 0.274 e. The normalized spacial score (nSPS) is 18.0. The molecule has 22 heavy (non-hydrogen) atoms. The highest BCUT2D eigenvalue weighted by Gasteiger charge is 2.36. The van der Waals surface area contributed by atoms with E-state index in [-0.39, 0.29) is 24.4 Å². The average Bonchev–Trinajstić information content (AvgIpc) is 2.89. The summed E-state index contributed by atoms with van der Waals surface area (Å²) in [6, 6.07) is 8.53. The van der Waals surface area contributed by atoms with Crippen LogP contribution in [0.5, 0.6) is 0 Å². The minimum atomic E-state index is -2.61. The first kappa shape index (κ1) is 14.5. The lowest BCUT2D eigenvalue weighted by atomic mass is 9.92. The van der Waals surface area contributed by atoms with Crippen molar-refractivity contribution in [2.45, 2.75) is 37.6 Å². The predicted octanol–water partition coefficient (Wildman–Crippen LogP) is 3.47. The van der Waals surface area contributed by atoms with Gasteiger partial charge in [-0.3, -0.25) is 4.79 Å². The molecule has 4 nitrogen and oxygen atoms in total. The quantitative estimate of drug-likeness (QED) is 0.923. The first-order chi connectivity index (χ1) is 10.5. The van der Waals surface area contributed by atoms with E-state index in [1.54, 1.807) is 30.5 Å². The van der Waals surface area contributed by atoms with Gasteiger partial charge in [-0.15, -0.1) is 0 Å². The number of nitrogens with one attached hydrogen (secondary N) is 1. The number of hydrogen-bond acceptors (Lipinski definition) is 2. The first-order valence-corrected chi connectivity index (χ1v) is 7.18. The monoisotopic (exact) mass is 303 g/mol. The number of nitrogens with zero attached hydrogens (tertiary/aromatic N) is 2. The Morgan fingerprint density at radius 1 is 1.23 bits per heavy atom. The second-order valence-electron chi connectivity index (χ2n) is 5.64. The summed E-state index contributed by atoms with van der Waals surface area (Å²) in [5, 5.41) is 11.7. The molecule has 1 aliphatic carbocycles. The fourth-order valence-electron chi connectivity index (χ4n) is 2.87. The number of halogens is 2. The van der Waals surface area contributed by atoms with Crippen LogP contribution in [0.3, 0.4) is 0 Å². The molecule has 1 N–H and O–H groups in total. The minimum absolute atomic E-state index is 0.185. The fourth-order valence-corrected chi connectivity index (χ4v) is 2.87. The largest absolute Gasteiger partial charge is 0.302 e. The van der Waals surface area contributed by atoms with Crippen molar-refractivity contribution >= 4 is 0 Å². The zero-order valence-electron chi connectivity index (χ0n) is 11.9. The van der Waals surface area contributed by atoms with Crippen LogP contribution >= 0.6 is 0 Å². The lowest BCUT2D eigenvalue weighted by Crippen LogP contribution is -2.31. The van der Waals surface area contributed by atoms with E-state index in [2.05, 4.69) is 5.10 Å². The van der Waals surface area contributed by atoms with Gasteiger partial charge in [0.25, 0.3) is 5.56 Å². The molecule has 2 aromatic rings. The van der Waals surface area contributed by atoms with Gasteiger partial charge < -0.3 is 5.10 Å². The third-order valence-electron chi connectivity index (χ3n) is 4.17. The van der Waals surface area contributed by atoms with Crippen molar-refractivity contribution in [3.63, 3.8) is 0 Å². The third kappa shape index (κ3) is 2.67. The Bertz CT molecular complexity index is 758. The average molecular weight is 303 g/mol. The number of rotatable bonds is 2. The highest BCUT2D eigenvalue weighted by molar-refractivity contribution is 5.62. The van der Waals surface area contributed by atoms with Gasteiger partial charge in [0, 0.05) is 19.0 Å². The Labute approximate surface area is 126 Å². The van der Waals surface area contributed by atoms with Crippen LogP contribution < -0.4 is 5.56 Å². The summed E-state index contributed by atoms with van der Waals surface area (Å²) in [6.07, 6.45) is 1.81. The summed E-state index contributed by atoms with van der Waals surface area (Å²) < 4.78 is 27.9. The molecule has 0 aliphatic heterocycles. The van der Waals surface area contributed by atoms with E-state index in [0.29, 0.717) is 29.5 Å². The van der Waals surface area contributed by atoms with Crippen molar-refractivity contribution in [2.75, 3.05) is 0 Å². The number of alkyl halides is 2. The van der Waals surface area contributed by atoms with Gasteiger partial charge in [-0.1, -0.05) is 12.1 Å². The van der Waals surface area contributed by atoms with Crippen molar-refractivity contribution in [3.8, 4) is 17.2 Å². The lowest BCUT2D eigenvalue weighted by Gasteiger charge is -2.28. The molecule has 1 fully saturated rings. The Hall–Kier alpha value is -2.42. The molecular formula is C16H15F2N3O. The molecule has 0 spiro atoms. The molecule has 0 unspecified atom stereocenters. The van der Waals surface area contributed by atoms with Crippen molar-refractivity contribution in [1.29, 1.82) is 5.26 Å². The van der Waals surface area contributed by atoms with Gasteiger partial charge in [-0.25, -0.2) is 13.5 Å². The molecule has 1 aromatic carbocycles. The Kier molecular flexibility index (Phi) is 3.57. The minimum Gasteiger partial charge on any atom is -0.302 e. The Morgan fingerprint density at radius 3 is 2.45 bits per heavy atom. The van der Waals surface area contributed by atoms with Gasteiger partial charge in [0.15, 0.2) is 0 Å². The van der Waals surface area contributed by atoms with E-state index in [9.17, 15) is 13.6 Å². The molecular weight excluding hydrogens is 288 g/mol. The van der Waals surface area contributed by atoms with Crippen molar-refractivity contribution < 1.29 is 8.78 Å². The summed E-state index contributed by atoms with van der Waals surface area (Å²) in [5.74, 6) is -2.61. The van der Waals surface area contributed by atoms with Crippen LogP contribution in [-0.4, -0.2) is 15.7 Å². The van der Waals surface area contributed by atoms with Crippen molar-refractivity contribution in [1.82, 2.24) is 9.78 Å². The molecule has 0 atom stereocenters. The lowest BCUT2D eigenvalue weighted by molar-refractivity contribution is -0.0452. The van der Waals surface area contributed by atoms with E-state index in [1.807, 2.05) is 6.07 Å². The molecule has 0 bridgehead atoms. The molecule has 1 aromatic heterocycles. The van der Waals surface area contributed by atoms with Crippen molar-refractivity contribution in [2.24, 2.45) is 0 Å². The molecule has 3 rings (SSSR count). The number of aromatic nitrogens is 2. The number of nitriles is 1. The molecule has 1 saturated carbocycles. The Morgan fingerprint density at radius 2 is 1.86 bits per heavy atom. The van der Waals surface area contributed by atoms with Gasteiger partial charge in [0.2, 0.25) is 5.92 Å². The second kappa shape index (κ2) is 5.41. The summed E-state index contributed by atoms with van der Waals surface area (Å²) >= 11 is 0. The molecule has 0 saturated heterocycles. The molecule has 1 aliphatic rings. The van der Waals surface area contributed by atoms with E-state index >= 15 is 0 Å². The predicted molar refractivity (Wildman–Crippen MR) is 77.7 cm³/mol. The highest BCUT2D eigenvalue weighted by atomic mass is 19.3. The third-order valence-corrected chi connectivity index (χ3v) is 4.17. The summed E-state index contributed by atoms with van der Waals surface area (Å²) in [5.41, 5.74) is 1.51. The topological polar surface area (TPSA) is 61.6 Å². The zero-order chi connectivity index (χ0) is 15.7. The summed E-state index contributed by atoms with van der Waals surface area (Å²) in [4.78, 5) is 12.5. The fraction of sp³-hybridized carbons (Fsp3) is 0.375. The second-order valence-corrected chi connectivity index (χ2v) is 5.64. The highest BCUT2D eigenvalue weighted by Crippen LogP contribution is 2.37. The van der Waals surface area contributed by atoms with Crippen LogP contribution in [0.15, 0.2) is 35.3 Å². The van der Waals surface area contributed by atoms with Gasteiger partial charge in [0.05, 0.1) is 23.2 Å². The van der Waals surface area contributed by atoms with Gasteiger partial charge >= 0.3 is 0 Å². The number of H-pyrrole nitrogens is 1. The van der Waals surface area contributed by atoms with Crippen LogP contribution in [-0.2, 0) is 0 Å². The van der Waals surface area contributed by atoms with E-state index in [1.165, 1.54) is 4.68 Å². The van der Waals surface area contributed by atoms with Gasteiger partial charge in [-0.2, -0.15) is 5.26 Å². The molecule has 6 heteroatoms. The maximum atomic E-state index is 13.2. The number of aromatic amines is 1. The molecule has 0 amide bonds. The standard InChI is InChI=1S/C16H15F2N3O/c17-16(18)7-5-13(6-8-16)21-15(22)14(10-20-21)12-3-1-11(9-19)2-4-12/h1-4,10,13,20H,5-8H2. The molecule has 114 valence electrons. The summed E-state index contributed by atoms with van der Waals surface area (Å²) in [7, 11) is 0. The Balaban J connectivity index is 1.86.